The largest absolute Gasteiger partial charge is 0.356 e. The Morgan fingerprint density at radius 1 is 1.09 bits per heavy atom. The minimum Gasteiger partial charge on any atom is -0.356 e. The molecule has 2 rings (SSSR count). The van der Waals surface area contributed by atoms with E-state index in [0.29, 0.717) is 10.1 Å². The molecule has 122 valence electrons. The topological polar surface area (TPSA) is 24.1 Å². The van der Waals surface area contributed by atoms with Gasteiger partial charge >= 0.3 is 0 Å². The second-order valence-electron chi connectivity index (χ2n) is 6.70. The van der Waals surface area contributed by atoms with Gasteiger partial charge in [0.2, 0.25) is 0 Å². The molecule has 4 heteroatoms. The van der Waals surface area contributed by atoms with E-state index >= 15 is 0 Å². The Morgan fingerprint density at radius 2 is 1.74 bits per heavy atom. The van der Waals surface area contributed by atoms with Crippen molar-refractivity contribution in [1.29, 1.82) is 0 Å². The van der Waals surface area contributed by atoms with Gasteiger partial charge in [0.15, 0.2) is 5.11 Å². The number of anilines is 1. The fourth-order valence-electron chi connectivity index (χ4n) is 2.29. The standard InChI is InChI=1S/C19H23ClN2S/c1-13(14-8-10-15(11-9-14)19(2,3)4)21-18(23)22-17-7-5-6-16(20)12-17/h5-13H,1-4H3,(H2,21,22,23)/t13-/m0/s1. The Bertz CT molecular complexity index is 675. The fraction of sp³-hybridized carbons (Fsp3) is 0.316. The molecule has 2 N–H and O–H groups in total. The van der Waals surface area contributed by atoms with E-state index in [1.807, 2.05) is 24.3 Å². The predicted octanol–water partition coefficient (Wildman–Crippen LogP) is 5.69. The zero-order valence-electron chi connectivity index (χ0n) is 14.0. The number of thiocarbonyl (C=S) groups is 1. The van der Waals surface area contributed by atoms with Crippen molar-refractivity contribution >= 4 is 34.6 Å². The molecule has 0 fully saturated rings. The molecule has 0 bridgehead atoms. The van der Waals surface area contributed by atoms with Crippen LogP contribution >= 0.6 is 23.8 Å². The van der Waals surface area contributed by atoms with Crippen LogP contribution in [-0.2, 0) is 5.41 Å². The molecule has 2 aromatic rings. The summed E-state index contributed by atoms with van der Waals surface area (Å²) in [6.07, 6.45) is 0. The molecule has 0 saturated heterocycles. The summed E-state index contributed by atoms with van der Waals surface area (Å²) in [6, 6.07) is 16.3. The molecule has 0 unspecified atom stereocenters. The summed E-state index contributed by atoms with van der Waals surface area (Å²) in [6.45, 7) is 8.74. The average Bonchev–Trinajstić information content (AvgIpc) is 2.46. The van der Waals surface area contributed by atoms with Crippen LogP contribution in [0.25, 0.3) is 0 Å². The molecule has 0 heterocycles. The zero-order chi connectivity index (χ0) is 17.0. The molecule has 0 saturated carbocycles. The monoisotopic (exact) mass is 346 g/mol. The van der Waals surface area contributed by atoms with Crippen molar-refractivity contribution in [2.24, 2.45) is 0 Å². The molecule has 0 aliphatic carbocycles. The van der Waals surface area contributed by atoms with Crippen LogP contribution in [0.4, 0.5) is 5.69 Å². The van der Waals surface area contributed by atoms with Crippen LogP contribution in [0.3, 0.4) is 0 Å². The van der Waals surface area contributed by atoms with Crippen molar-refractivity contribution in [1.82, 2.24) is 5.32 Å². The van der Waals surface area contributed by atoms with Crippen molar-refractivity contribution in [3.05, 3.63) is 64.7 Å². The van der Waals surface area contributed by atoms with E-state index in [9.17, 15) is 0 Å². The first-order valence-corrected chi connectivity index (χ1v) is 8.48. The lowest BCUT2D eigenvalue weighted by atomic mass is 9.86. The quantitative estimate of drug-likeness (QED) is 0.698. The maximum atomic E-state index is 5.98. The van der Waals surface area contributed by atoms with Crippen LogP contribution in [0, 0.1) is 0 Å². The fourth-order valence-corrected chi connectivity index (χ4v) is 2.77. The van der Waals surface area contributed by atoms with Crippen LogP contribution < -0.4 is 10.6 Å². The molecule has 0 aliphatic heterocycles. The molecule has 2 nitrogen and oxygen atoms in total. The first kappa shape index (κ1) is 17.8. The lowest BCUT2D eigenvalue weighted by Gasteiger charge is -2.21. The van der Waals surface area contributed by atoms with E-state index < -0.39 is 0 Å². The predicted molar refractivity (Wildman–Crippen MR) is 104 cm³/mol. The minimum absolute atomic E-state index is 0.128. The summed E-state index contributed by atoms with van der Waals surface area (Å²) in [5, 5.41) is 7.72. The van der Waals surface area contributed by atoms with E-state index in [1.165, 1.54) is 11.1 Å². The summed E-state index contributed by atoms with van der Waals surface area (Å²) >= 11 is 11.4. The lowest BCUT2D eigenvalue weighted by Crippen LogP contribution is -2.30. The molecule has 1 atom stereocenters. The summed E-state index contributed by atoms with van der Waals surface area (Å²) in [4.78, 5) is 0. The van der Waals surface area contributed by atoms with Gasteiger partial charge in [-0.05, 0) is 53.9 Å². The van der Waals surface area contributed by atoms with E-state index in [4.69, 9.17) is 23.8 Å². The Balaban J connectivity index is 1.98. The number of rotatable bonds is 3. The molecule has 0 aliphatic rings. The van der Waals surface area contributed by atoms with E-state index in [2.05, 4.69) is 62.6 Å². The highest BCUT2D eigenvalue weighted by molar-refractivity contribution is 7.80. The first-order valence-electron chi connectivity index (χ1n) is 7.69. The van der Waals surface area contributed by atoms with Gasteiger partial charge in [-0.2, -0.15) is 0 Å². The van der Waals surface area contributed by atoms with E-state index in [0.717, 1.165) is 5.69 Å². The summed E-state index contributed by atoms with van der Waals surface area (Å²) in [5.74, 6) is 0. The van der Waals surface area contributed by atoms with Gasteiger partial charge in [-0.25, -0.2) is 0 Å². The normalized spacial score (nSPS) is 12.6. The second-order valence-corrected chi connectivity index (χ2v) is 7.55. The van der Waals surface area contributed by atoms with Gasteiger partial charge < -0.3 is 10.6 Å². The second kappa shape index (κ2) is 7.33. The lowest BCUT2D eigenvalue weighted by molar-refractivity contribution is 0.589. The van der Waals surface area contributed by atoms with Gasteiger partial charge in [0.05, 0.1) is 6.04 Å². The van der Waals surface area contributed by atoms with Crippen molar-refractivity contribution in [2.75, 3.05) is 5.32 Å². The molecular formula is C19H23ClN2S. The molecular weight excluding hydrogens is 324 g/mol. The SMILES string of the molecule is C[C@H](NC(=S)Nc1cccc(Cl)c1)c1ccc(C(C)(C)C)cc1. The maximum Gasteiger partial charge on any atom is 0.171 e. The highest BCUT2D eigenvalue weighted by Gasteiger charge is 2.14. The third-order valence-electron chi connectivity index (χ3n) is 3.71. The van der Waals surface area contributed by atoms with Gasteiger partial charge in [-0.1, -0.05) is 62.7 Å². The highest BCUT2D eigenvalue weighted by Crippen LogP contribution is 2.24. The minimum atomic E-state index is 0.128. The van der Waals surface area contributed by atoms with Gasteiger partial charge in [0, 0.05) is 10.7 Å². The van der Waals surface area contributed by atoms with Crippen LogP contribution in [0.2, 0.25) is 5.02 Å². The van der Waals surface area contributed by atoms with Gasteiger partial charge in [-0.15, -0.1) is 0 Å². The molecule has 23 heavy (non-hydrogen) atoms. The number of hydrogen-bond acceptors (Lipinski definition) is 1. The van der Waals surface area contributed by atoms with Crippen LogP contribution in [0.1, 0.15) is 44.9 Å². The number of benzene rings is 2. The summed E-state index contributed by atoms with van der Waals surface area (Å²) in [7, 11) is 0. The Kier molecular flexibility index (Phi) is 5.66. The number of nitrogens with one attached hydrogen (secondary N) is 2. The first-order chi connectivity index (χ1) is 10.8. The molecule has 0 radical (unpaired) electrons. The van der Waals surface area contributed by atoms with E-state index in [1.54, 1.807) is 0 Å². The van der Waals surface area contributed by atoms with Crippen molar-refractivity contribution in [3.8, 4) is 0 Å². The van der Waals surface area contributed by atoms with Crippen molar-refractivity contribution < 1.29 is 0 Å². The highest BCUT2D eigenvalue weighted by atomic mass is 35.5. The smallest absolute Gasteiger partial charge is 0.171 e. The third kappa shape index (κ3) is 5.22. The van der Waals surface area contributed by atoms with Gasteiger partial charge in [0.25, 0.3) is 0 Å². The van der Waals surface area contributed by atoms with Crippen LogP contribution in [-0.4, -0.2) is 5.11 Å². The Morgan fingerprint density at radius 3 is 2.30 bits per heavy atom. The summed E-state index contributed by atoms with van der Waals surface area (Å²) < 4.78 is 0. The molecule has 0 amide bonds. The molecule has 2 aromatic carbocycles. The molecule has 0 aromatic heterocycles. The maximum absolute atomic E-state index is 5.98. The van der Waals surface area contributed by atoms with Gasteiger partial charge in [0.1, 0.15) is 0 Å². The van der Waals surface area contributed by atoms with E-state index in [-0.39, 0.29) is 11.5 Å². The van der Waals surface area contributed by atoms with Crippen molar-refractivity contribution in [2.45, 2.75) is 39.2 Å². The third-order valence-corrected chi connectivity index (χ3v) is 4.16. The number of halogens is 1. The average molecular weight is 347 g/mol. The van der Waals surface area contributed by atoms with Crippen molar-refractivity contribution in [3.63, 3.8) is 0 Å². The van der Waals surface area contributed by atoms with Crippen LogP contribution in [0.5, 0.6) is 0 Å². The number of hydrogen-bond donors (Lipinski definition) is 2. The summed E-state index contributed by atoms with van der Waals surface area (Å²) in [5.41, 5.74) is 3.57. The van der Waals surface area contributed by atoms with Gasteiger partial charge in [-0.3, -0.25) is 0 Å². The zero-order valence-corrected chi connectivity index (χ0v) is 15.6. The molecule has 0 spiro atoms. The Labute approximate surface area is 149 Å². The van der Waals surface area contributed by atoms with Crippen LogP contribution in [0.15, 0.2) is 48.5 Å². The Hall–Kier alpha value is -1.58.